The first kappa shape index (κ1) is 14.6. The molecule has 2 aromatic rings. The Bertz CT molecular complexity index is 628. The van der Waals surface area contributed by atoms with Gasteiger partial charge in [-0.2, -0.15) is 4.80 Å². The second kappa shape index (κ2) is 6.65. The van der Waals surface area contributed by atoms with Crippen molar-refractivity contribution < 1.29 is 9.90 Å². The normalized spacial score (nSPS) is 21.5. The summed E-state index contributed by atoms with van der Waals surface area (Å²) in [5.74, 6) is 0.286. The number of nitrogens with one attached hydrogen (secondary N) is 1. The van der Waals surface area contributed by atoms with Crippen molar-refractivity contribution in [3.05, 3.63) is 30.3 Å². The molecule has 116 valence electrons. The molecule has 0 saturated heterocycles. The van der Waals surface area contributed by atoms with Crippen molar-refractivity contribution in [3.63, 3.8) is 0 Å². The number of aliphatic hydroxyl groups excluding tert-OH is 1. The number of carbonyl (C=O) groups excluding carboxylic acids is 1. The lowest BCUT2D eigenvalue weighted by molar-refractivity contribution is -0.124. The van der Waals surface area contributed by atoms with Gasteiger partial charge in [0.15, 0.2) is 0 Å². The summed E-state index contributed by atoms with van der Waals surface area (Å²) in [5.41, 5.74) is 0.858. The van der Waals surface area contributed by atoms with Crippen LogP contribution in [0.2, 0.25) is 0 Å². The Balaban J connectivity index is 1.59. The quantitative estimate of drug-likeness (QED) is 0.869. The number of rotatable bonds is 4. The van der Waals surface area contributed by atoms with Crippen LogP contribution in [0.4, 0.5) is 0 Å². The molecule has 0 bridgehead atoms. The summed E-state index contributed by atoms with van der Waals surface area (Å²) in [4.78, 5) is 13.3. The Morgan fingerprint density at radius 1 is 1.27 bits per heavy atom. The predicted molar refractivity (Wildman–Crippen MR) is 79.7 cm³/mol. The maximum atomic E-state index is 12.0. The minimum absolute atomic E-state index is 0.00303. The van der Waals surface area contributed by atoms with E-state index in [1.165, 1.54) is 4.80 Å². The molecular weight excluding hydrogens is 282 g/mol. The molecule has 0 aliphatic heterocycles. The molecule has 1 fully saturated rings. The number of aliphatic hydroxyl groups is 1. The zero-order valence-corrected chi connectivity index (χ0v) is 12.2. The fourth-order valence-electron chi connectivity index (χ4n) is 2.67. The molecule has 0 radical (unpaired) electrons. The van der Waals surface area contributed by atoms with E-state index in [4.69, 9.17) is 0 Å². The van der Waals surface area contributed by atoms with Crippen LogP contribution in [0.15, 0.2) is 30.3 Å². The van der Waals surface area contributed by atoms with Crippen LogP contribution < -0.4 is 5.32 Å². The first-order chi connectivity index (χ1) is 10.7. The van der Waals surface area contributed by atoms with Crippen molar-refractivity contribution in [1.82, 2.24) is 25.5 Å². The van der Waals surface area contributed by atoms with Crippen molar-refractivity contribution >= 4 is 5.91 Å². The predicted octanol–water partition coefficient (Wildman–Crippen LogP) is 0.760. The van der Waals surface area contributed by atoms with Gasteiger partial charge in [-0.1, -0.05) is 43.2 Å². The highest BCUT2D eigenvalue weighted by Gasteiger charge is 2.24. The summed E-state index contributed by atoms with van der Waals surface area (Å²) in [6.07, 6.45) is 3.14. The van der Waals surface area contributed by atoms with Gasteiger partial charge >= 0.3 is 0 Å². The lowest BCUT2D eigenvalue weighted by atomic mass is 9.92. The molecule has 3 rings (SSSR count). The third kappa shape index (κ3) is 3.48. The third-order valence-corrected chi connectivity index (χ3v) is 3.85. The smallest absolute Gasteiger partial charge is 0.243 e. The van der Waals surface area contributed by atoms with E-state index in [0.29, 0.717) is 5.82 Å². The van der Waals surface area contributed by atoms with E-state index in [0.717, 1.165) is 31.2 Å². The molecule has 1 saturated carbocycles. The first-order valence-corrected chi connectivity index (χ1v) is 7.53. The van der Waals surface area contributed by atoms with Gasteiger partial charge in [0.05, 0.1) is 12.1 Å². The molecule has 2 unspecified atom stereocenters. The van der Waals surface area contributed by atoms with E-state index < -0.39 is 6.10 Å². The summed E-state index contributed by atoms with van der Waals surface area (Å²) in [6.45, 7) is 0.00303. The van der Waals surface area contributed by atoms with Crippen LogP contribution in [0.5, 0.6) is 0 Å². The zero-order valence-electron chi connectivity index (χ0n) is 12.2. The Labute approximate surface area is 128 Å². The third-order valence-electron chi connectivity index (χ3n) is 3.85. The van der Waals surface area contributed by atoms with Gasteiger partial charge in [-0.05, 0) is 18.1 Å². The number of aromatic nitrogens is 4. The Morgan fingerprint density at radius 3 is 2.82 bits per heavy atom. The highest BCUT2D eigenvalue weighted by Crippen LogP contribution is 2.18. The molecule has 1 amide bonds. The van der Waals surface area contributed by atoms with E-state index in [2.05, 4.69) is 20.7 Å². The average Bonchev–Trinajstić information content (AvgIpc) is 2.99. The minimum Gasteiger partial charge on any atom is -0.391 e. The van der Waals surface area contributed by atoms with Gasteiger partial charge in [-0.25, -0.2) is 0 Å². The van der Waals surface area contributed by atoms with Crippen molar-refractivity contribution in [2.24, 2.45) is 0 Å². The van der Waals surface area contributed by atoms with Crippen molar-refractivity contribution in [1.29, 1.82) is 0 Å². The molecule has 1 aromatic carbocycles. The van der Waals surface area contributed by atoms with Gasteiger partial charge in [-0.3, -0.25) is 4.79 Å². The number of carbonyl (C=O) groups is 1. The largest absolute Gasteiger partial charge is 0.391 e. The summed E-state index contributed by atoms with van der Waals surface area (Å²) >= 11 is 0. The number of nitrogens with zero attached hydrogens (tertiary/aromatic N) is 4. The van der Waals surface area contributed by atoms with Gasteiger partial charge in [0.25, 0.3) is 0 Å². The maximum absolute atomic E-state index is 12.0. The van der Waals surface area contributed by atoms with Crippen LogP contribution in [0.1, 0.15) is 25.7 Å². The van der Waals surface area contributed by atoms with Crippen molar-refractivity contribution in [2.75, 3.05) is 0 Å². The molecule has 1 aliphatic carbocycles. The van der Waals surface area contributed by atoms with E-state index in [9.17, 15) is 9.90 Å². The molecule has 22 heavy (non-hydrogen) atoms. The molecule has 2 N–H and O–H groups in total. The van der Waals surface area contributed by atoms with Gasteiger partial charge < -0.3 is 10.4 Å². The number of tetrazole rings is 1. The average molecular weight is 301 g/mol. The summed E-state index contributed by atoms with van der Waals surface area (Å²) < 4.78 is 0. The SMILES string of the molecule is O=C(Cn1nnc(-c2ccccc2)n1)NC1CCCCC1O. The van der Waals surface area contributed by atoms with Crippen LogP contribution in [0.3, 0.4) is 0 Å². The molecule has 0 spiro atoms. The molecule has 7 heteroatoms. The zero-order chi connectivity index (χ0) is 15.4. The van der Waals surface area contributed by atoms with Gasteiger partial charge in [-0.15, -0.1) is 10.2 Å². The van der Waals surface area contributed by atoms with E-state index >= 15 is 0 Å². The lowest BCUT2D eigenvalue weighted by Gasteiger charge is -2.28. The Kier molecular flexibility index (Phi) is 4.43. The van der Waals surface area contributed by atoms with Gasteiger partial charge in [0.2, 0.25) is 11.7 Å². The van der Waals surface area contributed by atoms with Gasteiger partial charge in [0, 0.05) is 5.56 Å². The Morgan fingerprint density at radius 2 is 2.05 bits per heavy atom. The summed E-state index contributed by atoms with van der Waals surface area (Å²) in [7, 11) is 0. The monoisotopic (exact) mass is 301 g/mol. The summed E-state index contributed by atoms with van der Waals surface area (Å²) in [6, 6.07) is 9.31. The fourth-order valence-corrected chi connectivity index (χ4v) is 2.67. The van der Waals surface area contributed by atoms with E-state index in [1.807, 2.05) is 30.3 Å². The van der Waals surface area contributed by atoms with Gasteiger partial charge in [0.1, 0.15) is 6.54 Å². The van der Waals surface area contributed by atoms with Crippen LogP contribution in [0.25, 0.3) is 11.4 Å². The topological polar surface area (TPSA) is 92.9 Å². The van der Waals surface area contributed by atoms with Crippen molar-refractivity contribution in [2.45, 2.75) is 44.4 Å². The molecule has 1 aromatic heterocycles. The minimum atomic E-state index is -0.457. The molecule has 1 heterocycles. The molecular formula is C15H19N5O2. The fraction of sp³-hybridized carbons (Fsp3) is 0.467. The number of amides is 1. The van der Waals surface area contributed by atoms with Crippen LogP contribution in [-0.2, 0) is 11.3 Å². The standard InChI is InChI=1S/C15H19N5O2/c21-13-9-5-4-8-12(13)16-14(22)10-20-18-15(17-19-20)11-6-2-1-3-7-11/h1-3,6-7,12-13,21H,4-5,8-10H2,(H,16,22). The van der Waals surface area contributed by atoms with E-state index in [1.54, 1.807) is 0 Å². The maximum Gasteiger partial charge on any atom is 0.243 e. The van der Waals surface area contributed by atoms with Crippen molar-refractivity contribution in [3.8, 4) is 11.4 Å². The summed E-state index contributed by atoms with van der Waals surface area (Å²) in [5, 5.41) is 24.8. The molecule has 2 atom stereocenters. The highest BCUT2D eigenvalue weighted by molar-refractivity contribution is 5.76. The Hall–Kier alpha value is -2.28. The molecule has 1 aliphatic rings. The second-order valence-corrected chi connectivity index (χ2v) is 5.54. The van der Waals surface area contributed by atoms with Crippen LogP contribution >= 0.6 is 0 Å². The number of hydrogen-bond acceptors (Lipinski definition) is 5. The van der Waals surface area contributed by atoms with Crippen LogP contribution in [-0.4, -0.2) is 43.4 Å². The lowest BCUT2D eigenvalue weighted by Crippen LogP contribution is -2.46. The molecule has 7 nitrogen and oxygen atoms in total. The van der Waals surface area contributed by atoms with Crippen LogP contribution in [0, 0.1) is 0 Å². The second-order valence-electron chi connectivity index (χ2n) is 5.54. The number of benzene rings is 1. The van der Waals surface area contributed by atoms with E-state index in [-0.39, 0.29) is 18.5 Å². The number of hydrogen-bond donors (Lipinski definition) is 2. The highest BCUT2D eigenvalue weighted by atomic mass is 16.3. The first-order valence-electron chi connectivity index (χ1n) is 7.53.